The summed E-state index contributed by atoms with van der Waals surface area (Å²) in [5.74, 6) is 0.132. The Kier molecular flexibility index (Phi) is 4.91. The van der Waals surface area contributed by atoms with E-state index in [1.807, 2.05) is 6.07 Å². The third-order valence-electron chi connectivity index (χ3n) is 4.06. The van der Waals surface area contributed by atoms with E-state index < -0.39 is 5.82 Å². The van der Waals surface area contributed by atoms with Crippen molar-refractivity contribution in [2.45, 2.75) is 25.7 Å². The van der Waals surface area contributed by atoms with Crippen LogP contribution in [-0.4, -0.2) is 19.1 Å². The van der Waals surface area contributed by atoms with E-state index in [9.17, 15) is 9.18 Å². The van der Waals surface area contributed by atoms with Gasteiger partial charge in [-0.2, -0.15) is 0 Å². The Morgan fingerprint density at radius 3 is 2.74 bits per heavy atom. The van der Waals surface area contributed by atoms with E-state index in [-0.39, 0.29) is 5.91 Å². The highest BCUT2D eigenvalue weighted by molar-refractivity contribution is 5.94. The molecule has 0 atom stereocenters. The van der Waals surface area contributed by atoms with Gasteiger partial charge in [-0.25, -0.2) is 4.39 Å². The number of aryl methyl sites for hydroxylation is 2. The molecule has 2 aromatic carbocycles. The smallest absolute Gasteiger partial charge is 0.251 e. The largest absolute Gasteiger partial charge is 0.492 e. The van der Waals surface area contributed by atoms with Crippen molar-refractivity contribution in [2.24, 2.45) is 0 Å². The third kappa shape index (κ3) is 4.09. The third-order valence-corrected chi connectivity index (χ3v) is 4.06. The van der Waals surface area contributed by atoms with Crippen LogP contribution in [0.25, 0.3) is 0 Å². The first-order valence-corrected chi connectivity index (χ1v) is 8.01. The van der Waals surface area contributed by atoms with Gasteiger partial charge in [-0.3, -0.25) is 4.79 Å². The molecule has 23 heavy (non-hydrogen) atoms. The van der Waals surface area contributed by atoms with Gasteiger partial charge in [0.2, 0.25) is 0 Å². The summed E-state index contributed by atoms with van der Waals surface area (Å²) >= 11 is 0. The van der Waals surface area contributed by atoms with Crippen molar-refractivity contribution in [2.75, 3.05) is 13.2 Å². The fourth-order valence-corrected chi connectivity index (χ4v) is 2.86. The summed E-state index contributed by atoms with van der Waals surface area (Å²) < 4.78 is 18.8. The lowest BCUT2D eigenvalue weighted by Crippen LogP contribution is -2.28. The Labute approximate surface area is 135 Å². The summed E-state index contributed by atoms with van der Waals surface area (Å²) in [7, 11) is 0. The zero-order chi connectivity index (χ0) is 16.1. The quantitative estimate of drug-likeness (QED) is 0.858. The van der Waals surface area contributed by atoms with Gasteiger partial charge in [-0.15, -0.1) is 0 Å². The Morgan fingerprint density at radius 1 is 1.09 bits per heavy atom. The molecule has 120 valence electrons. The van der Waals surface area contributed by atoms with Gasteiger partial charge in [0.1, 0.15) is 18.2 Å². The normalized spacial score (nSPS) is 13.3. The molecule has 3 nitrogen and oxygen atoms in total. The number of carbonyl (C=O) groups excluding carboxylic acids is 1. The molecule has 0 bridgehead atoms. The number of benzene rings is 2. The standard InChI is InChI=1S/C19H20FNO2/c20-17-7-3-6-16(12-17)19(22)21-10-11-23-18-9-8-14-4-1-2-5-15(14)13-18/h3,6-9,12-13H,1-2,4-5,10-11H2,(H,21,22). The molecule has 2 aromatic rings. The second kappa shape index (κ2) is 7.27. The van der Waals surface area contributed by atoms with Crippen LogP contribution < -0.4 is 10.1 Å². The highest BCUT2D eigenvalue weighted by atomic mass is 19.1. The van der Waals surface area contributed by atoms with Crippen LogP contribution in [0.1, 0.15) is 34.3 Å². The molecule has 0 saturated carbocycles. The first-order chi connectivity index (χ1) is 11.2. The van der Waals surface area contributed by atoms with E-state index in [1.165, 1.54) is 42.2 Å². The van der Waals surface area contributed by atoms with E-state index in [4.69, 9.17) is 4.74 Å². The minimum atomic E-state index is -0.414. The van der Waals surface area contributed by atoms with Crippen molar-refractivity contribution < 1.29 is 13.9 Å². The van der Waals surface area contributed by atoms with Gasteiger partial charge in [0.25, 0.3) is 5.91 Å². The van der Waals surface area contributed by atoms with Crippen molar-refractivity contribution in [3.63, 3.8) is 0 Å². The van der Waals surface area contributed by atoms with E-state index in [0.29, 0.717) is 18.7 Å². The number of halogens is 1. The van der Waals surface area contributed by atoms with Crippen LogP contribution in [0, 0.1) is 5.82 Å². The van der Waals surface area contributed by atoms with Gasteiger partial charge >= 0.3 is 0 Å². The zero-order valence-corrected chi connectivity index (χ0v) is 13.0. The first-order valence-electron chi connectivity index (χ1n) is 8.01. The van der Waals surface area contributed by atoms with Crippen LogP contribution >= 0.6 is 0 Å². The molecule has 3 rings (SSSR count). The van der Waals surface area contributed by atoms with Gasteiger partial charge in [0.05, 0.1) is 6.54 Å². The average Bonchev–Trinajstić information content (AvgIpc) is 2.58. The minimum Gasteiger partial charge on any atom is -0.492 e. The second-order valence-electron chi connectivity index (χ2n) is 5.75. The number of ether oxygens (including phenoxy) is 1. The van der Waals surface area contributed by atoms with Crippen molar-refractivity contribution in [1.29, 1.82) is 0 Å². The molecule has 4 heteroatoms. The zero-order valence-electron chi connectivity index (χ0n) is 13.0. The van der Waals surface area contributed by atoms with E-state index >= 15 is 0 Å². The maximum absolute atomic E-state index is 13.1. The molecule has 0 unspecified atom stereocenters. The molecular formula is C19H20FNO2. The van der Waals surface area contributed by atoms with Gasteiger partial charge in [0, 0.05) is 5.56 Å². The van der Waals surface area contributed by atoms with E-state index in [1.54, 1.807) is 6.07 Å². The lowest BCUT2D eigenvalue weighted by atomic mass is 9.92. The van der Waals surface area contributed by atoms with Crippen LogP contribution in [-0.2, 0) is 12.8 Å². The van der Waals surface area contributed by atoms with Crippen molar-refractivity contribution in [3.05, 3.63) is 65.0 Å². The molecule has 1 amide bonds. The maximum atomic E-state index is 13.1. The average molecular weight is 313 g/mol. The number of amides is 1. The lowest BCUT2D eigenvalue weighted by molar-refractivity contribution is 0.0946. The van der Waals surface area contributed by atoms with Crippen LogP contribution in [0.3, 0.4) is 0 Å². The summed E-state index contributed by atoms with van der Waals surface area (Å²) in [6.45, 7) is 0.770. The summed E-state index contributed by atoms with van der Waals surface area (Å²) in [5.41, 5.74) is 3.11. The van der Waals surface area contributed by atoms with E-state index in [2.05, 4.69) is 17.4 Å². The van der Waals surface area contributed by atoms with Crippen molar-refractivity contribution in [1.82, 2.24) is 5.32 Å². The monoisotopic (exact) mass is 313 g/mol. The van der Waals surface area contributed by atoms with Crippen molar-refractivity contribution in [3.8, 4) is 5.75 Å². The number of hydrogen-bond acceptors (Lipinski definition) is 2. The fraction of sp³-hybridized carbons (Fsp3) is 0.316. The van der Waals surface area contributed by atoms with Crippen LogP contribution in [0.2, 0.25) is 0 Å². The Morgan fingerprint density at radius 2 is 1.91 bits per heavy atom. The number of carbonyl (C=O) groups is 1. The maximum Gasteiger partial charge on any atom is 0.251 e. The Bertz CT molecular complexity index is 700. The fourth-order valence-electron chi connectivity index (χ4n) is 2.86. The molecule has 1 aliphatic rings. The van der Waals surface area contributed by atoms with Crippen LogP contribution in [0.5, 0.6) is 5.75 Å². The highest BCUT2D eigenvalue weighted by Gasteiger charge is 2.10. The highest BCUT2D eigenvalue weighted by Crippen LogP contribution is 2.25. The minimum absolute atomic E-state index is 0.293. The molecule has 1 aliphatic carbocycles. The predicted molar refractivity (Wildman–Crippen MR) is 87.3 cm³/mol. The topological polar surface area (TPSA) is 38.3 Å². The molecule has 0 aliphatic heterocycles. The molecule has 0 heterocycles. The SMILES string of the molecule is O=C(NCCOc1ccc2c(c1)CCCC2)c1cccc(F)c1. The Balaban J connectivity index is 1.47. The summed E-state index contributed by atoms with van der Waals surface area (Å²) in [6, 6.07) is 11.9. The van der Waals surface area contributed by atoms with Crippen LogP contribution in [0.15, 0.2) is 42.5 Å². The lowest BCUT2D eigenvalue weighted by Gasteiger charge is -2.16. The molecule has 0 spiro atoms. The second-order valence-corrected chi connectivity index (χ2v) is 5.75. The molecule has 0 radical (unpaired) electrons. The predicted octanol–water partition coefficient (Wildman–Crippen LogP) is 3.51. The summed E-state index contributed by atoms with van der Waals surface area (Å²) in [6.07, 6.45) is 4.77. The molecular weight excluding hydrogens is 293 g/mol. The number of hydrogen-bond donors (Lipinski definition) is 1. The van der Waals surface area contributed by atoms with Gasteiger partial charge < -0.3 is 10.1 Å². The van der Waals surface area contributed by atoms with Gasteiger partial charge in [-0.1, -0.05) is 12.1 Å². The van der Waals surface area contributed by atoms with Crippen molar-refractivity contribution >= 4 is 5.91 Å². The molecule has 0 fully saturated rings. The van der Waals surface area contributed by atoms with Gasteiger partial charge in [-0.05, 0) is 67.1 Å². The first kappa shape index (κ1) is 15.5. The van der Waals surface area contributed by atoms with Crippen LogP contribution in [0.4, 0.5) is 4.39 Å². The summed E-state index contributed by atoms with van der Waals surface area (Å²) in [4.78, 5) is 11.9. The molecule has 0 aromatic heterocycles. The number of fused-ring (bicyclic) bond motifs is 1. The van der Waals surface area contributed by atoms with E-state index in [0.717, 1.165) is 18.6 Å². The number of nitrogens with one attached hydrogen (secondary N) is 1. The van der Waals surface area contributed by atoms with Gasteiger partial charge in [0.15, 0.2) is 0 Å². The Hall–Kier alpha value is -2.36. The molecule has 1 N–H and O–H groups in total. The molecule has 0 saturated heterocycles. The summed E-state index contributed by atoms with van der Waals surface area (Å²) in [5, 5.41) is 2.73. The number of rotatable bonds is 5.